The van der Waals surface area contributed by atoms with E-state index in [9.17, 15) is 19.5 Å². The summed E-state index contributed by atoms with van der Waals surface area (Å²) >= 11 is 0. The molecule has 1 heterocycles. The van der Waals surface area contributed by atoms with Crippen LogP contribution in [0.4, 0.5) is 4.79 Å². The lowest BCUT2D eigenvalue weighted by atomic mass is 10.0. The minimum absolute atomic E-state index is 0.0527. The van der Waals surface area contributed by atoms with E-state index < -0.39 is 35.2 Å². The molecule has 0 unspecified atom stereocenters. The van der Waals surface area contributed by atoms with Crippen molar-refractivity contribution < 1.29 is 24.2 Å². The van der Waals surface area contributed by atoms with E-state index in [0.29, 0.717) is 0 Å². The van der Waals surface area contributed by atoms with Gasteiger partial charge in [0, 0.05) is 11.7 Å². The summed E-state index contributed by atoms with van der Waals surface area (Å²) < 4.78 is 6.93. The Kier molecular flexibility index (Phi) is 6.01. The van der Waals surface area contributed by atoms with Crippen molar-refractivity contribution in [2.45, 2.75) is 58.3 Å². The number of ether oxygens (including phenoxy) is 1. The molecule has 152 valence electrons. The molecule has 2 rings (SSSR count). The Labute approximate surface area is 163 Å². The van der Waals surface area contributed by atoms with E-state index in [2.05, 4.69) is 10.6 Å². The zero-order chi connectivity index (χ0) is 21.1. The number of hydrogen-bond acceptors (Lipinski definition) is 4. The van der Waals surface area contributed by atoms with E-state index in [1.54, 1.807) is 31.5 Å². The predicted molar refractivity (Wildman–Crippen MR) is 105 cm³/mol. The van der Waals surface area contributed by atoms with Crippen LogP contribution in [0.5, 0.6) is 0 Å². The molecule has 3 N–H and O–H groups in total. The van der Waals surface area contributed by atoms with Crippen molar-refractivity contribution in [3.05, 3.63) is 36.5 Å². The molecule has 2 amide bonds. The number of aromatic nitrogens is 1. The number of carboxylic acid groups (broad SMARTS) is 1. The quantitative estimate of drug-likeness (QED) is 0.703. The maximum atomic E-state index is 12.6. The van der Waals surface area contributed by atoms with Gasteiger partial charge in [-0.15, -0.1) is 0 Å². The first-order valence-electron chi connectivity index (χ1n) is 8.98. The average Bonchev–Trinajstić information content (AvgIpc) is 2.94. The number of carbonyl (C=O) groups excluding carboxylic acids is 2. The van der Waals surface area contributed by atoms with Gasteiger partial charge in [-0.2, -0.15) is 0 Å². The summed E-state index contributed by atoms with van der Waals surface area (Å²) in [6, 6.07) is 8.28. The van der Waals surface area contributed by atoms with Crippen LogP contribution in [0.1, 0.15) is 34.6 Å². The number of rotatable bonds is 6. The molecule has 0 saturated heterocycles. The molecule has 0 spiro atoms. The van der Waals surface area contributed by atoms with E-state index in [0.717, 1.165) is 10.9 Å². The Bertz CT molecular complexity index is 879. The molecule has 28 heavy (non-hydrogen) atoms. The molecule has 2 aromatic rings. The summed E-state index contributed by atoms with van der Waals surface area (Å²) in [5.41, 5.74) is -1.20. The van der Waals surface area contributed by atoms with Crippen LogP contribution in [0.3, 0.4) is 0 Å². The van der Waals surface area contributed by atoms with Crippen LogP contribution in [0.15, 0.2) is 36.5 Å². The van der Waals surface area contributed by atoms with Gasteiger partial charge >= 0.3 is 12.1 Å². The first kappa shape index (κ1) is 21.3. The van der Waals surface area contributed by atoms with Crippen molar-refractivity contribution in [1.29, 1.82) is 0 Å². The minimum Gasteiger partial charge on any atom is -0.480 e. The summed E-state index contributed by atoms with van der Waals surface area (Å²) in [4.78, 5) is 36.3. The lowest BCUT2D eigenvalue weighted by molar-refractivity contribution is -0.143. The predicted octanol–water partition coefficient (Wildman–Crippen LogP) is 2.51. The number of amides is 2. The Morgan fingerprint density at radius 1 is 1.11 bits per heavy atom. The van der Waals surface area contributed by atoms with Gasteiger partial charge in [-0.3, -0.25) is 4.79 Å². The third-order valence-corrected chi connectivity index (χ3v) is 4.04. The molecule has 0 saturated carbocycles. The van der Waals surface area contributed by atoms with Crippen molar-refractivity contribution in [1.82, 2.24) is 15.2 Å². The molecule has 0 aliphatic carbocycles. The van der Waals surface area contributed by atoms with Gasteiger partial charge in [0.2, 0.25) is 5.91 Å². The zero-order valence-corrected chi connectivity index (χ0v) is 16.8. The fourth-order valence-corrected chi connectivity index (χ4v) is 2.64. The topological polar surface area (TPSA) is 110 Å². The van der Waals surface area contributed by atoms with E-state index in [1.165, 1.54) is 13.8 Å². The highest BCUT2D eigenvalue weighted by molar-refractivity contribution is 5.92. The third kappa shape index (κ3) is 5.48. The summed E-state index contributed by atoms with van der Waals surface area (Å²) in [5, 5.41) is 15.5. The summed E-state index contributed by atoms with van der Waals surface area (Å²) in [7, 11) is 0. The van der Waals surface area contributed by atoms with Gasteiger partial charge in [-0.05, 0) is 52.1 Å². The molecule has 1 atom stereocenters. The van der Waals surface area contributed by atoms with Crippen molar-refractivity contribution in [3.63, 3.8) is 0 Å². The van der Waals surface area contributed by atoms with E-state index >= 15 is 0 Å². The Morgan fingerprint density at radius 2 is 1.75 bits per heavy atom. The van der Waals surface area contributed by atoms with Gasteiger partial charge in [0.15, 0.2) is 0 Å². The first-order valence-corrected chi connectivity index (χ1v) is 8.98. The maximum Gasteiger partial charge on any atom is 0.408 e. The van der Waals surface area contributed by atoms with E-state index in [1.807, 2.05) is 30.3 Å². The number of carbonyl (C=O) groups is 3. The van der Waals surface area contributed by atoms with Crippen molar-refractivity contribution in [2.24, 2.45) is 0 Å². The van der Waals surface area contributed by atoms with Crippen LogP contribution >= 0.6 is 0 Å². The van der Waals surface area contributed by atoms with Gasteiger partial charge in [0.1, 0.15) is 17.2 Å². The number of nitrogens with one attached hydrogen (secondary N) is 2. The number of carboxylic acids is 1. The molecule has 0 bridgehead atoms. The zero-order valence-electron chi connectivity index (χ0n) is 16.8. The monoisotopic (exact) mass is 389 g/mol. The number of alkyl carbamates (subject to hydrolysis) is 1. The molecular formula is C20H27N3O5. The van der Waals surface area contributed by atoms with Gasteiger partial charge < -0.3 is 25.0 Å². The summed E-state index contributed by atoms with van der Waals surface area (Å²) in [5.74, 6) is -1.79. The Hall–Kier alpha value is -3.03. The number of benzene rings is 1. The highest BCUT2D eigenvalue weighted by Crippen LogP contribution is 2.16. The number of aliphatic carboxylic acids is 1. The Balaban J connectivity index is 2.09. The molecule has 8 heteroatoms. The molecule has 8 nitrogen and oxygen atoms in total. The summed E-state index contributed by atoms with van der Waals surface area (Å²) in [6.45, 7) is 8.15. The highest BCUT2D eigenvalue weighted by atomic mass is 16.6. The van der Waals surface area contributed by atoms with Crippen molar-refractivity contribution >= 4 is 28.9 Å². The number of fused-ring (bicyclic) bond motifs is 1. The van der Waals surface area contributed by atoms with Crippen LogP contribution in [0, 0.1) is 0 Å². The first-order chi connectivity index (χ1) is 12.9. The van der Waals surface area contributed by atoms with E-state index in [-0.39, 0.29) is 6.54 Å². The van der Waals surface area contributed by atoms with Gasteiger partial charge in [0.05, 0.1) is 6.54 Å². The summed E-state index contributed by atoms with van der Waals surface area (Å²) in [6.07, 6.45) is 1.02. The van der Waals surface area contributed by atoms with Crippen LogP contribution in [0.25, 0.3) is 10.9 Å². The average molecular weight is 389 g/mol. The molecule has 0 radical (unpaired) electrons. The van der Waals surface area contributed by atoms with Crippen LogP contribution < -0.4 is 10.6 Å². The number of hydrogen-bond donors (Lipinski definition) is 3. The largest absolute Gasteiger partial charge is 0.480 e. The molecule has 1 aromatic heterocycles. The number of nitrogens with zero attached hydrogens (tertiary/aromatic N) is 1. The lowest BCUT2D eigenvalue weighted by Gasteiger charge is -2.29. The lowest BCUT2D eigenvalue weighted by Crippen LogP contribution is -2.59. The smallest absolute Gasteiger partial charge is 0.408 e. The maximum absolute atomic E-state index is 12.6. The fraction of sp³-hybridized carbons (Fsp3) is 0.450. The third-order valence-electron chi connectivity index (χ3n) is 4.04. The molecule has 0 aliphatic heterocycles. The second-order valence-electron chi connectivity index (χ2n) is 8.14. The fourth-order valence-electron chi connectivity index (χ4n) is 2.64. The Morgan fingerprint density at radius 3 is 2.36 bits per heavy atom. The van der Waals surface area contributed by atoms with Crippen LogP contribution in [-0.4, -0.2) is 44.8 Å². The highest BCUT2D eigenvalue weighted by Gasteiger charge is 2.34. The van der Waals surface area contributed by atoms with E-state index in [4.69, 9.17) is 4.74 Å². The van der Waals surface area contributed by atoms with Crippen molar-refractivity contribution in [2.75, 3.05) is 0 Å². The normalized spacial score (nSPS) is 13.0. The molecule has 1 aromatic carbocycles. The SMILES string of the molecule is CC(C)(C)OC(=O)NC(C)(C)C(=O)N[C@H](Cn1ccc2ccccc21)C(=O)O. The van der Waals surface area contributed by atoms with Gasteiger partial charge in [0.25, 0.3) is 0 Å². The van der Waals surface area contributed by atoms with Gasteiger partial charge in [-0.25, -0.2) is 9.59 Å². The van der Waals surface area contributed by atoms with Crippen LogP contribution in [-0.2, 0) is 20.9 Å². The second-order valence-corrected chi connectivity index (χ2v) is 8.14. The van der Waals surface area contributed by atoms with Crippen molar-refractivity contribution in [3.8, 4) is 0 Å². The number of para-hydroxylation sites is 1. The second kappa shape index (κ2) is 7.92. The molecule has 0 fully saturated rings. The molecular weight excluding hydrogens is 362 g/mol. The van der Waals surface area contributed by atoms with Crippen LogP contribution in [0.2, 0.25) is 0 Å². The molecule has 0 aliphatic rings. The van der Waals surface area contributed by atoms with Gasteiger partial charge in [-0.1, -0.05) is 18.2 Å². The minimum atomic E-state index is -1.35. The standard InChI is InChI=1S/C20H27N3O5/c1-19(2,3)28-18(27)22-20(4,5)17(26)21-14(16(24)25)12-23-11-10-13-8-6-7-9-15(13)23/h6-11,14H,12H2,1-5H3,(H,21,26)(H,22,27)(H,24,25)/t14-/m1/s1.